The number of aromatic nitrogens is 2. The van der Waals surface area contributed by atoms with Crippen molar-refractivity contribution in [3.05, 3.63) is 45.7 Å². The molecule has 0 amide bonds. The van der Waals surface area contributed by atoms with Gasteiger partial charge in [0.05, 0.1) is 11.4 Å². The normalized spacial score (nSPS) is 10.5. The quantitative estimate of drug-likeness (QED) is 0.926. The van der Waals surface area contributed by atoms with Crippen LogP contribution in [-0.2, 0) is 0 Å². The highest BCUT2D eigenvalue weighted by molar-refractivity contribution is 9.10. The molecule has 0 aliphatic carbocycles. The van der Waals surface area contributed by atoms with Gasteiger partial charge in [0, 0.05) is 10.7 Å². The highest BCUT2D eigenvalue weighted by atomic mass is 79.9. The summed E-state index contributed by atoms with van der Waals surface area (Å²) >= 11 is 3.39. The molecule has 5 heteroatoms. The molecular formula is C12H11BrN2O2. The van der Waals surface area contributed by atoms with Crippen LogP contribution in [0.5, 0.6) is 0 Å². The fraction of sp³-hybridized carbons (Fsp3) is 0.167. The molecule has 0 radical (unpaired) electrons. The van der Waals surface area contributed by atoms with Crippen molar-refractivity contribution in [3.63, 3.8) is 0 Å². The molecule has 0 unspecified atom stereocenters. The maximum Gasteiger partial charge on any atom is 0.339 e. The molecule has 0 spiro atoms. The Morgan fingerprint density at radius 3 is 2.65 bits per heavy atom. The molecule has 0 atom stereocenters. The van der Waals surface area contributed by atoms with E-state index in [2.05, 4.69) is 21.0 Å². The van der Waals surface area contributed by atoms with Crippen LogP contribution in [0.4, 0.5) is 0 Å². The van der Waals surface area contributed by atoms with Gasteiger partial charge in [0.2, 0.25) is 0 Å². The van der Waals surface area contributed by atoms with Crippen LogP contribution in [-0.4, -0.2) is 20.9 Å². The van der Waals surface area contributed by atoms with Gasteiger partial charge < -0.3 is 5.11 Å². The van der Waals surface area contributed by atoms with Gasteiger partial charge in [-0.3, -0.25) is 0 Å². The van der Waals surface area contributed by atoms with Crippen LogP contribution in [0.3, 0.4) is 0 Å². The lowest BCUT2D eigenvalue weighted by molar-refractivity contribution is 0.0696. The van der Waals surface area contributed by atoms with Crippen molar-refractivity contribution in [1.82, 2.24) is 9.78 Å². The first-order valence-electron chi connectivity index (χ1n) is 5.05. The third kappa shape index (κ3) is 2.24. The minimum atomic E-state index is -0.955. The van der Waals surface area contributed by atoms with Crippen molar-refractivity contribution in [2.75, 3.05) is 0 Å². The van der Waals surface area contributed by atoms with Crippen molar-refractivity contribution in [1.29, 1.82) is 0 Å². The molecule has 1 aromatic heterocycles. The summed E-state index contributed by atoms with van der Waals surface area (Å²) in [6.45, 7) is 3.64. The fourth-order valence-corrected chi connectivity index (χ4v) is 2.14. The lowest BCUT2D eigenvalue weighted by Crippen LogP contribution is -1.98. The molecule has 88 valence electrons. The first-order valence-corrected chi connectivity index (χ1v) is 5.84. The van der Waals surface area contributed by atoms with Gasteiger partial charge in [-0.25, -0.2) is 9.48 Å². The van der Waals surface area contributed by atoms with E-state index in [1.807, 2.05) is 25.1 Å². The summed E-state index contributed by atoms with van der Waals surface area (Å²) in [6, 6.07) is 5.77. The largest absolute Gasteiger partial charge is 0.478 e. The summed E-state index contributed by atoms with van der Waals surface area (Å²) in [7, 11) is 0. The Bertz CT molecular complexity index is 590. The number of benzene rings is 1. The van der Waals surface area contributed by atoms with Gasteiger partial charge in [0.25, 0.3) is 0 Å². The molecule has 0 saturated carbocycles. The van der Waals surface area contributed by atoms with E-state index in [0.29, 0.717) is 5.69 Å². The van der Waals surface area contributed by atoms with Gasteiger partial charge in [-0.15, -0.1) is 0 Å². The minimum absolute atomic E-state index is 0.229. The van der Waals surface area contributed by atoms with Gasteiger partial charge in [0.1, 0.15) is 5.56 Å². The molecule has 0 saturated heterocycles. The molecular weight excluding hydrogens is 284 g/mol. The maximum absolute atomic E-state index is 10.9. The molecule has 2 rings (SSSR count). The molecule has 0 aliphatic rings. The summed E-state index contributed by atoms with van der Waals surface area (Å²) < 4.78 is 2.58. The molecule has 2 aromatic rings. The van der Waals surface area contributed by atoms with Crippen LogP contribution in [0.2, 0.25) is 0 Å². The van der Waals surface area contributed by atoms with Crippen molar-refractivity contribution >= 4 is 21.9 Å². The summed E-state index contributed by atoms with van der Waals surface area (Å²) in [6.07, 6.45) is 1.54. The second-order valence-corrected chi connectivity index (χ2v) is 4.72. The second-order valence-electron chi connectivity index (χ2n) is 3.81. The highest BCUT2D eigenvalue weighted by Gasteiger charge is 2.13. The van der Waals surface area contributed by atoms with Gasteiger partial charge in [0.15, 0.2) is 0 Å². The number of carboxylic acid groups (broad SMARTS) is 1. The number of nitrogens with zero attached hydrogens (tertiary/aromatic N) is 2. The Balaban J connectivity index is 2.53. The zero-order valence-corrected chi connectivity index (χ0v) is 11.0. The first-order chi connectivity index (χ1) is 7.99. The molecule has 1 heterocycles. The monoisotopic (exact) mass is 294 g/mol. The van der Waals surface area contributed by atoms with Crippen LogP contribution >= 0.6 is 15.9 Å². The third-order valence-corrected chi connectivity index (χ3v) is 3.03. The predicted molar refractivity (Wildman–Crippen MR) is 67.7 cm³/mol. The zero-order valence-electron chi connectivity index (χ0n) is 9.44. The number of hydrogen-bond donors (Lipinski definition) is 1. The average Bonchev–Trinajstić information content (AvgIpc) is 2.60. The lowest BCUT2D eigenvalue weighted by atomic mass is 10.2. The summed E-state index contributed by atoms with van der Waals surface area (Å²) in [5.41, 5.74) is 2.65. The molecule has 4 nitrogen and oxygen atoms in total. The molecule has 0 fully saturated rings. The Hall–Kier alpha value is -1.62. The number of rotatable bonds is 2. The van der Waals surface area contributed by atoms with Gasteiger partial charge in [-0.1, -0.05) is 15.9 Å². The van der Waals surface area contributed by atoms with E-state index < -0.39 is 5.97 Å². The predicted octanol–water partition coefficient (Wildman–Crippen LogP) is 2.95. The fourth-order valence-electron chi connectivity index (χ4n) is 1.67. The van der Waals surface area contributed by atoms with Crippen LogP contribution in [0.1, 0.15) is 21.6 Å². The van der Waals surface area contributed by atoms with Crippen LogP contribution in [0, 0.1) is 13.8 Å². The summed E-state index contributed by atoms with van der Waals surface area (Å²) in [5, 5.41) is 13.2. The maximum atomic E-state index is 10.9. The van der Waals surface area contributed by atoms with E-state index in [4.69, 9.17) is 5.11 Å². The van der Waals surface area contributed by atoms with Gasteiger partial charge in [-0.2, -0.15) is 5.10 Å². The van der Waals surface area contributed by atoms with Crippen molar-refractivity contribution in [2.45, 2.75) is 13.8 Å². The van der Waals surface area contributed by atoms with Crippen LogP contribution < -0.4 is 0 Å². The number of halogens is 1. The number of aromatic carboxylic acids is 1. The first kappa shape index (κ1) is 11.9. The molecule has 17 heavy (non-hydrogen) atoms. The zero-order chi connectivity index (χ0) is 12.6. The Labute approximate surface area is 107 Å². The number of carbonyl (C=O) groups is 1. The van der Waals surface area contributed by atoms with Crippen molar-refractivity contribution in [2.24, 2.45) is 0 Å². The van der Waals surface area contributed by atoms with Crippen molar-refractivity contribution < 1.29 is 9.90 Å². The molecule has 1 aromatic carbocycles. The Morgan fingerprint density at radius 2 is 2.12 bits per heavy atom. The summed E-state index contributed by atoms with van der Waals surface area (Å²) in [4.78, 5) is 10.9. The average molecular weight is 295 g/mol. The van der Waals surface area contributed by atoms with E-state index in [0.717, 1.165) is 15.7 Å². The topological polar surface area (TPSA) is 55.1 Å². The van der Waals surface area contributed by atoms with E-state index in [9.17, 15) is 4.79 Å². The van der Waals surface area contributed by atoms with Crippen LogP contribution in [0.25, 0.3) is 5.69 Å². The Kier molecular flexibility index (Phi) is 3.02. The van der Waals surface area contributed by atoms with E-state index in [1.165, 1.54) is 6.20 Å². The van der Waals surface area contributed by atoms with Crippen molar-refractivity contribution in [3.8, 4) is 5.69 Å². The van der Waals surface area contributed by atoms with Crippen LogP contribution in [0.15, 0.2) is 28.9 Å². The second kappa shape index (κ2) is 4.33. The number of carboxylic acids is 1. The third-order valence-electron chi connectivity index (χ3n) is 2.53. The lowest BCUT2D eigenvalue weighted by Gasteiger charge is -2.05. The SMILES string of the molecule is Cc1cc(Br)ccc1-n1cc(C(=O)O)c(C)n1. The molecule has 1 N–H and O–H groups in total. The highest BCUT2D eigenvalue weighted by Crippen LogP contribution is 2.20. The number of aryl methyl sites for hydroxylation is 2. The van der Waals surface area contributed by atoms with Gasteiger partial charge >= 0.3 is 5.97 Å². The smallest absolute Gasteiger partial charge is 0.339 e. The van der Waals surface area contributed by atoms with E-state index >= 15 is 0 Å². The summed E-state index contributed by atoms with van der Waals surface area (Å²) in [5.74, 6) is -0.955. The van der Waals surface area contributed by atoms with E-state index in [1.54, 1.807) is 11.6 Å². The minimum Gasteiger partial charge on any atom is -0.478 e. The Morgan fingerprint density at radius 1 is 1.41 bits per heavy atom. The van der Waals surface area contributed by atoms with Gasteiger partial charge in [-0.05, 0) is 37.6 Å². The standard InChI is InChI=1S/C12H11BrN2O2/c1-7-5-9(13)3-4-11(7)15-6-10(12(16)17)8(2)14-15/h3-6H,1-2H3,(H,16,17). The number of hydrogen-bond acceptors (Lipinski definition) is 2. The molecule has 0 bridgehead atoms. The molecule has 0 aliphatic heterocycles. The van der Waals surface area contributed by atoms with E-state index in [-0.39, 0.29) is 5.56 Å².